The minimum Gasteiger partial charge on any atom is -0.376 e. The number of ether oxygens (including phenoxy) is 1. The van der Waals surface area contributed by atoms with Crippen LogP contribution in [0.2, 0.25) is 0 Å². The van der Waals surface area contributed by atoms with Gasteiger partial charge in [0.1, 0.15) is 0 Å². The lowest BCUT2D eigenvalue weighted by atomic mass is 10.1. The molecule has 23 heavy (non-hydrogen) atoms. The van der Waals surface area contributed by atoms with Gasteiger partial charge in [-0.05, 0) is 24.8 Å². The van der Waals surface area contributed by atoms with Crippen LogP contribution in [0.5, 0.6) is 0 Å². The molecule has 2 heterocycles. The van der Waals surface area contributed by atoms with E-state index in [4.69, 9.17) is 4.74 Å². The molecule has 5 heteroatoms. The monoisotopic (exact) mass is 316 g/mol. The summed E-state index contributed by atoms with van der Waals surface area (Å²) in [6, 6.07) is 10.1. The van der Waals surface area contributed by atoms with Crippen molar-refractivity contribution < 1.29 is 14.3 Å². The number of carbonyl (C=O) groups is 2. The number of amides is 2. The summed E-state index contributed by atoms with van der Waals surface area (Å²) in [7, 11) is 0. The number of hydrogen-bond acceptors (Lipinski definition) is 3. The van der Waals surface area contributed by atoms with Crippen molar-refractivity contribution in [1.82, 2.24) is 10.2 Å². The van der Waals surface area contributed by atoms with Gasteiger partial charge in [0.05, 0.1) is 12.0 Å². The smallest absolute Gasteiger partial charge is 0.225 e. The van der Waals surface area contributed by atoms with E-state index in [1.54, 1.807) is 0 Å². The van der Waals surface area contributed by atoms with Gasteiger partial charge in [-0.25, -0.2) is 0 Å². The molecular formula is C18H24N2O3. The first-order valence-corrected chi connectivity index (χ1v) is 8.43. The third-order valence-corrected chi connectivity index (χ3v) is 4.63. The molecule has 0 bridgehead atoms. The highest BCUT2D eigenvalue weighted by Crippen LogP contribution is 2.19. The second kappa shape index (κ2) is 7.59. The van der Waals surface area contributed by atoms with Gasteiger partial charge in [-0.1, -0.05) is 30.3 Å². The van der Waals surface area contributed by atoms with E-state index in [0.717, 1.165) is 25.9 Å². The maximum atomic E-state index is 12.2. The van der Waals surface area contributed by atoms with E-state index in [2.05, 4.69) is 17.4 Å². The van der Waals surface area contributed by atoms with Gasteiger partial charge >= 0.3 is 0 Å². The van der Waals surface area contributed by atoms with Crippen LogP contribution in [-0.2, 0) is 20.7 Å². The van der Waals surface area contributed by atoms with Gasteiger partial charge < -0.3 is 15.0 Å². The zero-order chi connectivity index (χ0) is 16.1. The molecule has 2 aliphatic heterocycles. The Balaban J connectivity index is 1.43. The van der Waals surface area contributed by atoms with Crippen LogP contribution in [0.15, 0.2) is 30.3 Å². The van der Waals surface area contributed by atoms with E-state index in [-0.39, 0.29) is 23.8 Å². The molecule has 0 aliphatic carbocycles. The van der Waals surface area contributed by atoms with Gasteiger partial charge in [-0.15, -0.1) is 0 Å². The number of hydrogen-bond donors (Lipinski definition) is 1. The SMILES string of the molecule is O=C(NC[C@H]1CCCO1)[C@@H]1CC(=O)N(CCc2ccccc2)C1. The first-order chi connectivity index (χ1) is 11.2. The fourth-order valence-electron chi connectivity index (χ4n) is 3.24. The van der Waals surface area contributed by atoms with Crippen molar-refractivity contribution in [2.75, 3.05) is 26.2 Å². The molecule has 2 atom stereocenters. The average molecular weight is 316 g/mol. The Kier molecular flexibility index (Phi) is 5.28. The van der Waals surface area contributed by atoms with E-state index in [1.165, 1.54) is 5.56 Å². The molecule has 1 aromatic carbocycles. The largest absolute Gasteiger partial charge is 0.376 e. The zero-order valence-electron chi connectivity index (χ0n) is 13.4. The van der Waals surface area contributed by atoms with E-state index in [9.17, 15) is 9.59 Å². The Morgan fingerprint density at radius 3 is 2.87 bits per heavy atom. The Morgan fingerprint density at radius 2 is 2.13 bits per heavy atom. The minimum atomic E-state index is -0.223. The van der Waals surface area contributed by atoms with Crippen molar-refractivity contribution in [2.45, 2.75) is 31.8 Å². The molecule has 0 saturated carbocycles. The maximum Gasteiger partial charge on any atom is 0.225 e. The Bertz CT molecular complexity index is 540. The fourth-order valence-corrected chi connectivity index (χ4v) is 3.24. The van der Waals surface area contributed by atoms with Crippen LogP contribution >= 0.6 is 0 Å². The van der Waals surface area contributed by atoms with Crippen molar-refractivity contribution >= 4 is 11.8 Å². The Hall–Kier alpha value is -1.88. The summed E-state index contributed by atoms with van der Waals surface area (Å²) in [4.78, 5) is 26.1. The molecule has 2 aliphatic rings. The summed E-state index contributed by atoms with van der Waals surface area (Å²) < 4.78 is 5.50. The third kappa shape index (κ3) is 4.32. The number of likely N-dealkylation sites (tertiary alicyclic amines) is 1. The normalized spacial score (nSPS) is 24.2. The van der Waals surface area contributed by atoms with Crippen LogP contribution in [0, 0.1) is 5.92 Å². The number of rotatable bonds is 6. The number of benzene rings is 1. The summed E-state index contributed by atoms with van der Waals surface area (Å²) in [6.45, 7) is 2.56. The van der Waals surface area contributed by atoms with Crippen LogP contribution in [0.1, 0.15) is 24.8 Å². The van der Waals surface area contributed by atoms with E-state index in [1.807, 2.05) is 23.1 Å². The molecule has 0 radical (unpaired) electrons. The highest BCUT2D eigenvalue weighted by atomic mass is 16.5. The lowest BCUT2D eigenvalue weighted by Crippen LogP contribution is -2.37. The molecule has 3 rings (SSSR count). The molecule has 124 valence electrons. The number of nitrogens with zero attached hydrogens (tertiary/aromatic N) is 1. The van der Waals surface area contributed by atoms with Crippen LogP contribution in [0.4, 0.5) is 0 Å². The third-order valence-electron chi connectivity index (χ3n) is 4.63. The quantitative estimate of drug-likeness (QED) is 0.862. The molecule has 0 spiro atoms. The van der Waals surface area contributed by atoms with Gasteiger partial charge in [0.2, 0.25) is 11.8 Å². The van der Waals surface area contributed by atoms with Crippen molar-refractivity contribution in [3.8, 4) is 0 Å². The predicted octanol–water partition coefficient (Wildman–Crippen LogP) is 1.37. The summed E-state index contributed by atoms with van der Waals surface area (Å²) in [5, 5.41) is 2.94. The van der Waals surface area contributed by atoms with Gasteiger partial charge in [0, 0.05) is 32.7 Å². The summed E-state index contributed by atoms with van der Waals surface area (Å²) in [5.74, 6) is -0.158. The highest BCUT2D eigenvalue weighted by molar-refractivity contribution is 5.89. The number of nitrogens with one attached hydrogen (secondary N) is 1. The molecule has 0 aromatic heterocycles. The van der Waals surface area contributed by atoms with E-state index in [0.29, 0.717) is 26.1 Å². The molecular weight excluding hydrogens is 292 g/mol. The van der Waals surface area contributed by atoms with Crippen molar-refractivity contribution in [3.63, 3.8) is 0 Å². The van der Waals surface area contributed by atoms with Crippen molar-refractivity contribution in [1.29, 1.82) is 0 Å². The molecule has 2 amide bonds. The Labute approximate surface area is 137 Å². The first kappa shape index (κ1) is 16.0. The first-order valence-electron chi connectivity index (χ1n) is 8.43. The van der Waals surface area contributed by atoms with Crippen LogP contribution < -0.4 is 5.32 Å². The summed E-state index contributed by atoms with van der Waals surface area (Å²) >= 11 is 0. The van der Waals surface area contributed by atoms with Gasteiger partial charge in [0.25, 0.3) is 0 Å². The number of carbonyl (C=O) groups excluding carboxylic acids is 2. The lowest BCUT2D eigenvalue weighted by molar-refractivity contribution is -0.129. The predicted molar refractivity (Wildman–Crippen MR) is 86.8 cm³/mol. The summed E-state index contributed by atoms with van der Waals surface area (Å²) in [6.07, 6.45) is 3.37. The maximum absolute atomic E-state index is 12.2. The topological polar surface area (TPSA) is 58.6 Å². The minimum absolute atomic E-state index is 0.0175. The molecule has 5 nitrogen and oxygen atoms in total. The molecule has 1 aromatic rings. The summed E-state index contributed by atoms with van der Waals surface area (Å²) in [5.41, 5.74) is 1.21. The molecule has 2 saturated heterocycles. The van der Waals surface area contributed by atoms with Crippen LogP contribution in [0.25, 0.3) is 0 Å². The van der Waals surface area contributed by atoms with E-state index >= 15 is 0 Å². The molecule has 0 unspecified atom stereocenters. The highest BCUT2D eigenvalue weighted by Gasteiger charge is 2.34. The van der Waals surface area contributed by atoms with Gasteiger partial charge in [0.15, 0.2) is 0 Å². The second-order valence-corrected chi connectivity index (χ2v) is 6.36. The lowest BCUT2D eigenvalue weighted by Gasteiger charge is -2.17. The van der Waals surface area contributed by atoms with Crippen molar-refractivity contribution in [2.24, 2.45) is 5.92 Å². The standard InChI is InChI=1S/C18H24N2O3/c21-17-11-15(18(22)19-12-16-7-4-10-23-16)13-20(17)9-8-14-5-2-1-3-6-14/h1-3,5-6,15-16H,4,7-13H2,(H,19,22)/t15-,16-/m1/s1. The Morgan fingerprint density at radius 1 is 1.30 bits per heavy atom. The van der Waals surface area contributed by atoms with Gasteiger partial charge in [-0.3, -0.25) is 9.59 Å². The second-order valence-electron chi connectivity index (χ2n) is 6.36. The van der Waals surface area contributed by atoms with Crippen LogP contribution in [0.3, 0.4) is 0 Å². The van der Waals surface area contributed by atoms with Crippen LogP contribution in [-0.4, -0.2) is 49.1 Å². The molecule has 1 N–H and O–H groups in total. The average Bonchev–Trinajstić information content (AvgIpc) is 3.21. The van der Waals surface area contributed by atoms with Crippen molar-refractivity contribution in [3.05, 3.63) is 35.9 Å². The molecule has 2 fully saturated rings. The van der Waals surface area contributed by atoms with E-state index < -0.39 is 0 Å². The zero-order valence-corrected chi connectivity index (χ0v) is 13.4. The van der Waals surface area contributed by atoms with Gasteiger partial charge in [-0.2, -0.15) is 0 Å². The fraction of sp³-hybridized carbons (Fsp3) is 0.556.